The predicted molar refractivity (Wildman–Crippen MR) is 87.8 cm³/mol. The molecule has 0 fully saturated rings. The number of hydrogen-bond acceptors (Lipinski definition) is 2. The summed E-state index contributed by atoms with van der Waals surface area (Å²) in [4.78, 5) is 25.7. The van der Waals surface area contributed by atoms with Crippen LogP contribution in [0.25, 0.3) is 0 Å². The van der Waals surface area contributed by atoms with E-state index < -0.39 is 17.5 Å². The van der Waals surface area contributed by atoms with Gasteiger partial charge in [-0.3, -0.25) is 9.59 Å². The van der Waals surface area contributed by atoms with E-state index in [4.69, 9.17) is 0 Å². The molecule has 0 aliphatic carbocycles. The maximum atomic E-state index is 13.5. The van der Waals surface area contributed by atoms with Gasteiger partial charge in [0.15, 0.2) is 0 Å². The highest BCUT2D eigenvalue weighted by atomic mass is 19.1. The second-order valence-corrected chi connectivity index (χ2v) is 5.10. The SMILES string of the molecule is CCN(C(=O)CCNC(=O)c1ccc(F)cc1F)c1ccccc1. The van der Waals surface area contributed by atoms with Crippen LogP contribution in [-0.4, -0.2) is 24.9 Å². The summed E-state index contributed by atoms with van der Waals surface area (Å²) in [5.41, 5.74) is 0.528. The first-order valence-electron chi connectivity index (χ1n) is 7.61. The van der Waals surface area contributed by atoms with Crippen LogP contribution in [0.2, 0.25) is 0 Å². The smallest absolute Gasteiger partial charge is 0.254 e. The van der Waals surface area contributed by atoms with Crippen molar-refractivity contribution in [2.45, 2.75) is 13.3 Å². The van der Waals surface area contributed by atoms with Crippen molar-refractivity contribution in [3.05, 3.63) is 65.7 Å². The summed E-state index contributed by atoms with van der Waals surface area (Å²) in [6.07, 6.45) is 0.0806. The van der Waals surface area contributed by atoms with Gasteiger partial charge in [0.1, 0.15) is 11.6 Å². The minimum absolute atomic E-state index is 0.0673. The summed E-state index contributed by atoms with van der Waals surface area (Å²) < 4.78 is 26.4. The number of rotatable bonds is 6. The van der Waals surface area contributed by atoms with E-state index in [1.807, 2.05) is 37.3 Å². The molecule has 2 aromatic carbocycles. The Hall–Kier alpha value is -2.76. The summed E-state index contributed by atoms with van der Waals surface area (Å²) in [7, 11) is 0. The average molecular weight is 332 g/mol. The molecule has 1 N–H and O–H groups in total. The molecule has 6 heteroatoms. The summed E-state index contributed by atoms with van der Waals surface area (Å²) in [6.45, 7) is 2.43. The molecule has 0 spiro atoms. The molecule has 0 heterocycles. The first kappa shape index (κ1) is 17.6. The molecule has 126 valence electrons. The van der Waals surface area contributed by atoms with Crippen molar-refractivity contribution >= 4 is 17.5 Å². The minimum atomic E-state index is -0.932. The topological polar surface area (TPSA) is 49.4 Å². The van der Waals surface area contributed by atoms with Gasteiger partial charge in [0, 0.05) is 31.3 Å². The molecular weight excluding hydrogens is 314 g/mol. The largest absolute Gasteiger partial charge is 0.351 e. The Balaban J connectivity index is 1.91. The monoisotopic (exact) mass is 332 g/mol. The van der Waals surface area contributed by atoms with Gasteiger partial charge in [-0.2, -0.15) is 0 Å². The van der Waals surface area contributed by atoms with Gasteiger partial charge in [-0.15, -0.1) is 0 Å². The van der Waals surface area contributed by atoms with Gasteiger partial charge < -0.3 is 10.2 Å². The van der Waals surface area contributed by atoms with Crippen LogP contribution in [0.3, 0.4) is 0 Å². The van der Waals surface area contributed by atoms with Crippen LogP contribution in [0, 0.1) is 11.6 Å². The van der Waals surface area contributed by atoms with E-state index in [0.717, 1.165) is 17.8 Å². The molecule has 0 saturated heterocycles. The molecule has 0 bridgehead atoms. The Morgan fingerprint density at radius 1 is 1.08 bits per heavy atom. The van der Waals surface area contributed by atoms with E-state index in [9.17, 15) is 18.4 Å². The Labute approximate surface area is 139 Å². The van der Waals surface area contributed by atoms with Crippen LogP contribution in [0.1, 0.15) is 23.7 Å². The van der Waals surface area contributed by atoms with Gasteiger partial charge in [0.2, 0.25) is 5.91 Å². The first-order chi connectivity index (χ1) is 11.5. The van der Waals surface area contributed by atoms with Gasteiger partial charge in [0.05, 0.1) is 5.56 Å². The zero-order chi connectivity index (χ0) is 17.5. The number of amides is 2. The summed E-state index contributed by atoms with van der Waals surface area (Å²) in [5, 5.41) is 2.47. The molecule has 4 nitrogen and oxygen atoms in total. The van der Waals surface area contributed by atoms with E-state index >= 15 is 0 Å². The van der Waals surface area contributed by atoms with Crippen molar-refractivity contribution in [2.75, 3.05) is 18.0 Å². The van der Waals surface area contributed by atoms with E-state index in [2.05, 4.69) is 5.32 Å². The molecule has 0 aliphatic heterocycles. The molecular formula is C18H18F2N2O2. The van der Waals surface area contributed by atoms with Crippen LogP contribution >= 0.6 is 0 Å². The number of carbonyl (C=O) groups excluding carboxylic acids is 2. The lowest BCUT2D eigenvalue weighted by molar-refractivity contribution is -0.118. The normalized spacial score (nSPS) is 10.3. The fourth-order valence-electron chi connectivity index (χ4n) is 2.30. The molecule has 0 aromatic heterocycles. The third-order valence-corrected chi connectivity index (χ3v) is 3.49. The van der Waals surface area contributed by atoms with Gasteiger partial charge >= 0.3 is 0 Å². The Bertz CT molecular complexity index is 720. The summed E-state index contributed by atoms with van der Waals surface area (Å²) in [6, 6.07) is 11.9. The Kier molecular flexibility index (Phi) is 6.01. The van der Waals surface area contributed by atoms with Crippen LogP contribution in [0.4, 0.5) is 14.5 Å². The van der Waals surface area contributed by atoms with Crippen molar-refractivity contribution in [3.63, 3.8) is 0 Å². The Morgan fingerprint density at radius 2 is 1.79 bits per heavy atom. The zero-order valence-corrected chi connectivity index (χ0v) is 13.3. The third kappa shape index (κ3) is 4.38. The van der Waals surface area contributed by atoms with Crippen molar-refractivity contribution < 1.29 is 18.4 Å². The summed E-state index contributed by atoms with van der Waals surface area (Å²) >= 11 is 0. The number of hydrogen-bond donors (Lipinski definition) is 1. The summed E-state index contributed by atoms with van der Waals surface area (Å²) in [5.74, 6) is -2.51. The highest BCUT2D eigenvalue weighted by Crippen LogP contribution is 2.14. The fraction of sp³-hybridized carbons (Fsp3) is 0.222. The van der Waals surface area contributed by atoms with Crippen molar-refractivity contribution in [3.8, 4) is 0 Å². The van der Waals surface area contributed by atoms with E-state index in [-0.39, 0.29) is 24.4 Å². The third-order valence-electron chi connectivity index (χ3n) is 3.49. The highest BCUT2D eigenvalue weighted by Gasteiger charge is 2.15. The lowest BCUT2D eigenvalue weighted by atomic mass is 10.2. The lowest BCUT2D eigenvalue weighted by Gasteiger charge is -2.21. The predicted octanol–water partition coefficient (Wildman–Crippen LogP) is 3.14. The van der Waals surface area contributed by atoms with E-state index in [0.29, 0.717) is 12.6 Å². The van der Waals surface area contributed by atoms with Crippen LogP contribution in [-0.2, 0) is 4.79 Å². The quantitative estimate of drug-likeness (QED) is 0.883. The lowest BCUT2D eigenvalue weighted by Crippen LogP contribution is -2.34. The number of nitrogens with zero attached hydrogens (tertiary/aromatic N) is 1. The maximum Gasteiger partial charge on any atom is 0.254 e. The van der Waals surface area contributed by atoms with Gasteiger partial charge in [-0.25, -0.2) is 8.78 Å². The van der Waals surface area contributed by atoms with Gasteiger partial charge in [-0.1, -0.05) is 18.2 Å². The molecule has 0 aliphatic rings. The highest BCUT2D eigenvalue weighted by molar-refractivity contribution is 5.96. The van der Waals surface area contributed by atoms with Gasteiger partial charge in [0.25, 0.3) is 5.91 Å². The van der Waals surface area contributed by atoms with Crippen molar-refractivity contribution in [2.24, 2.45) is 0 Å². The molecule has 0 unspecified atom stereocenters. The Morgan fingerprint density at radius 3 is 2.42 bits per heavy atom. The number of nitrogens with one attached hydrogen (secondary N) is 1. The molecule has 0 atom stereocenters. The maximum absolute atomic E-state index is 13.5. The minimum Gasteiger partial charge on any atom is -0.351 e. The van der Waals surface area contributed by atoms with Crippen LogP contribution < -0.4 is 10.2 Å². The van der Waals surface area contributed by atoms with Crippen LogP contribution in [0.5, 0.6) is 0 Å². The van der Waals surface area contributed by atoms with E-state index in [1.54, 1.807) is 4.90 Å². The van der Waals surface area contributed by atoms with Crippen molar-refractivity contribution in [1.82, 2.24) is 5.32 Å². The molecule has 0 radical (unpaired) electrons. The molecule has 2 amide bonds. The molecule has 0 saturated carbocycles. The molecule has 2 rings (SSSR count). The van der Waals surface area contributed by atoms with Gasteiger partial charge in [-0.05, 0) is 31.2 Å². The standard InChI is InChI=1S/C18H18F2N2O2/c1-2-22(14-6-4-3-5-7-14)17(23)10-11-21-18(24)15-9-8-13(19)12-16(15)20/h3-9,12H,2,10-11H2,1H3,(H,21,24). The molecule has 24 heavy (non-hydrogen) atoms. The first-order valence-corrected chi connectivity index (χ1v) is 7.61. The zero-order valence-electron chi connectivity index (χ0n) is 13.3. The fourth-order valence-corrected chi connectivity index (χ4v) is 2.30. The van der Waals surface area contributed by atoms with Crippen LogP contribution in [0.15, 0.2) is 48.5 Å². The second kappa shape index (κ2) is 8.19. The number of benzene rings is 2. The van der Waals surface area contributed by atoms with E-state index in [1.165, 1.54) is 0 Å². The second-order valence-electron chi connectivity index (χ2n) is 5.10. The number of carbonyl (C=O) groups is 2. The van der Waals surface area contributed by atoms with Crippen molar-refractivity contribution in [1.29, 1.82) is 0 Å². The number of anilines is 1. The molecule has 2 aromatic rings. The number of halogens is 2. The average Bonchev–Trinajstić information content (AvgIpc) is 2.56. The number of para-hydroxylation sites is 1.